The highest BCUT2D eigenvalue weighted by molar-refractivity contribution is 7.87. The SMILES string of the molecule is CCNC(=O)N(Cc1cccc(OS(=O)(=O)c2c(C)cccc2Cl)c1)C(C)C. The van der Waals surface area contributed by atoms with Crippen LogP contribution in [0.4, 0.5) is 4.79 Å². The van der Waals surface area contributed by atoms with E-state index >= 15 is 0 Å². The second-order valence-electron chi connectivity index (χ2n) is 6.63. The van der Waals surface area contributed by atoms with Gasteiger partial charge in [0.1, 0.15) is 10.6 Å². The lowest BCUT2D eigenvalue weighted by Gasteiger charge is -2.27. The fourth-order valence-corrected chi connectivity index (χ4v) is 4.45. The van der Waals surface area contributed by atoms with Crippen molar-refractivity contribution < 1.29 is 17.4 Å². The van der Waals surface area contributed by atoms with Crippen molar-refractivity contribution in [3.8, 4) is 5.75 Å². The first-order chi connectivity index (χ1) is 13.2. The van der Waals surface area contributed by atoms with Crippen molar-refractivity contribution in [3.05, 3.63) is 58.6 Å². The van der Waals surface area contributed by atoms with E-state index in [9.17, 15) is 13.2 Å². The second-order valence-corrected chi connectivity index (χ2v) is 8.52. The third-order valence-electron chi connectivity index (χ3n) is 4.08. The van der Waals surface area contributed by atoms with E-state index in [1.165, 1.54) is 6.07 Å². The summed E-state index contributed by atoms with van der Waals surface area (Å²) < 4.78 is 30.7. The Labute approximate surface area is 171 Å². The number of carbonyl (C=O) groups excluding carboxylic acids is 1. The molecule has 0 saturated carbocycles. The Bertz CT molecular complexity index is 925. The lowest BCUT2D eigenvalue weighted by atomic mass is 10.2. The first-order valence-corrected chi connectivity index (χ1v) is 10.8. The van der Waals surface area contributed by atoms with E-state index in [0.29, 0.717) is 18.7 Å². The van der Waals surface area contributed by atoms with Crippen LogP contribution in [0.1, 0.15) is 31.9 Å². The molecule has 0 spiro atoms. The number of rotatable bonds is 7. The molecule has 0 aliphatic heterocycles. The molecule has 0 bridgehead atoms. The molecule has 0 unspecified atom stereocenters. The average molecular weight is 425 g/mol. The second kappa shape index (κ2) is 9.30. The smallest absolute Gasteiger partial charge is 0.340 e. The zero-order chi connectivity index (χ0) is 20.9. The van der Waals surface area contributed by atoms with E-state index in [1.54, 1.807) is 42.2 Å². The van der Waals surface area contributed by atoms with Crippen LogP contribution >= 0.6 is 11.6 Å². The molecule has 1 N–H and O–H groups in total. The molecule has 0 radical (unpaired) electrons. The summed E-state index contributed by atoms with van der Waals surface area (Å²) in [5.41, 5.74) is 1.26. The van der Waals surface area contributed by atoms with Crippen molar-refractivity contribution in [3.63, 3.8) is 0 Å². The first kappa shape index (κ1) is 22.0. The van der Waals surface area contributed by atoms with E-state index in [-0.39, 0.29) is 27.7 Å². The van der Waals surface area contributed by atoms with Crippen LogP contribution in [0, 0.1) is 6.92 Å². The number of benzene rings is 2. The number of hydrogen-bond donors (Lipinski definition) is 1. The minimum atomic E-state index is -4.09. The molecule has 0 aromatic heterocycles. The lowest BCUT2D eigenvalue weighted by Crippen LogP contribution is -2.43. The quantitative estimate of drug-likeness (QED) is 0.670. The predicted octanol–water partition coefficient (Wildman–Crippen LogP) is 4.36. The summed E-state index contributed by atoms with van der Waals surface area (Å²) in [4.78, 5) is 13.8. The van der Waals surface area contributed by atoms with Gasteiger partial charge in [0.25, 0.3) is 0 Å². The largest absolute Gasteiger partial charge is 0.379 e. The molecule has 8 heteroatoms. The summed E-state index contributed by atoms with van der Waals surface area (Å²) in [6.45, 7) is 8.20. The molecule has 0 atom stereocenters. The van der Waals surface area contributed by atoms with Gasteiger partial charge in [0.2, 0.25) is 0 Å². The molecule has 0 aliphatic rings. The highest BCUT2D eigenvalue weighted by Crippen LogP contribution is 2.28. The van der Waals surface area contributed by atoms with E-state index in [0.717, 1.165) is 5.56 Å². The van der Waals surface area contributed by atoms with Gasteiger partial charge in [-0.1, -0.05) is 35.9 Å². The van der Waals surface area contributed by atoms with Gasteiger partial charge in [-0.3, -0.25) is 0 Å². The Morgan fingerprint density at radius 2 is 1.89 bits per heavy atom. The van der Waals surface area contributed by atoms with E-state index < -0.39 is 10.1 Å². The minimum absolute atomic E-state index is 0.0226. The number of hydrogen-bond acceptors (Lipinski definition) is 4. The van der Waals surface area contributed by atoms with Gasteiger partial charge >= 0.3 is 16.1 Å². The Kier molecular flexibility index (Phi) is 7.32. The lowest BCUT2D eigenvalue weighted by molar-refractivity contribution is 0.180. The summed E-state index contributed by atoms with van der Waals surface area (Å²) in [7, 11) is -4.09. The highest BCUT2D eigenvalue weighted by Gasteiger charge is 2.23. The van der Waals surface area contributed by atoms with Crippen molar-refractivity contribution in [1.82, 2.24) is 10.2 Å². The van der Waals surface area contributed by atoms with Crippen LogP contribution in [0.5, 0.6) is 5.75 Å². The van der Waals surface area contributed by atoms with Gasteiger partial charge in [-0.05, 0) is 57.0 Å². The molecule has 0 heterocycles. The summed E-state index contributed by atoms with van der Waals surface area (Å²) in [6, 6.07) is 11.3. The maximum absolute atomic E-state index is 12.7. The summed E-state index contributed by atoms with van der Waals surface area (Å²) in [6.07, 6.45) is 0. The van der Waals surface area contributed by atoms with Crippen LogP contribution in [0.3, 0.4) is 0 Å². The molecule has 0 saturated heterocycles. The minimum Gasteiger partial charge on any atom is -0.379 e. The Hall–Kier alpha value is -2.25. The fraction of sp³-hybridized carbons (Fsp3) is 0.350. The zero-order valence-corrected chi connectivity index (χ0v) is 18.0. The average Bonchev–Trinajstić information content (AvgIpc) is 2.59. The van der Waals surface area contributed by atoms with E-state index in [4.69, 9.17) is 15.8 Å². The number of carbonyl (C=O) groups is 1. The van der Waals surface area contributed by atoms with Gasteiger partial charge in [-0.15, -0.1) is 0 Å². The topological polar surface area (TPSA) is 75.7 Å². The van der Waals surface area contributed by atoms with Gasteiger partial charge in [-0.2, -0.15) is 8.42 Å². The van der Waals surface area contributed by atoms with E-state index in [1.807, 2.05) is 26.8 Å². The van der Waals surface area contributed by atoms with Crippen LogP contribution in [-0.4, -0.2) is 31.9 Å². The fourth-order valence-electron chi connectivity index (χ4n) is 2.74. The predicted molar refractivity (Wildman–Crippen MR) is 110 cm³/mol. The van der Waals surface area contributed by atoms with Crippen LogP contribution in [0.15, 0.2) is 47.4 Å². The third kappa shape index (κ3) is 5.39. The molecule has 2 rings (SSSR count). The Balaban J connectivity index is 2.27. The number of amides is 2. The molecular formula is C20H25ClN2O4S. The van der Waals surface area contributed by atoms with Crippen molar-refractivity contribution >= 4 is 27.8 Å². The van der Waals surface area contributed by atoms with Gasteiger partial charge < -0.3 is 14.4 Å². The van der Waals surface area contributed by atoms with Crippen LogP contribution < -0.4 is 9.50 Å². The molecule has 2 aromatic rings. The van der Waals surface area contributed by atoms with Gasteiger partial charge in [0.05, 0.1) is 5.02 Å². The number of aryl methyl sites for hydroxylation is 1. The summed E-state index contributed by atoms with van der Waals surface area (Å²) in [5, 5.41) is 2.89. The van der Waals surface area contributed by atoms with Crippen LogP contribution in [0.25, 0.3) is 0 Å². The molecule has 2 aromatic carbocycles. The molecular weight excluding hydrogens is 400 g/mol. The molecule has 0 aliphatic carbocycles. The maximum Gasteiger partial charge on any atom is 0.340 e. The Morgan fingerprint density at radius 3 is 2.50 bits per heavy atom. The van der Waals surface area contributed by atoms with Gasteiger partial charge in [0.15, 0.2) is 0 Å². The van der Waals surface area contributed by atoms with Crippen molar-refractivity contribution in [2.24, 2.45) is 0 Å². The van der Waals surface area contributed by atoms with Crippen LogP contribution in [0.2, 0.25) is 5.02 Å². The van der Waals surface area contributed by atoms with Crippen molar-refractivity contribution in [2.75, 3.05) is 6.54 Å². The summed E-state index contributed by atoms with van der Waals surface area (Å²) in [5.74, 6) is 0.163. The maximum atomic E-state index is 12.7. The van der Waals surface area contributed by atoms with Gasteiger partial charge in [-0.25, -0.2) is 4.79 Å². The monoisotopic (exact) mass is 424 g/mol. The van der Waals surface area contributed by atoms with Crippen LogP contribution in [-0.2, 0) is 16.7 Å². The number of halogens is 1. The van der Waals surface area contributed by atoms with E-state index in [2.05, 4.69) is 5.32 Å². The van der Waals surface area contributed by atoms with Gasteiger partial charge in [0, 0.05) is 19.1 Å². The molecule has 28 heavy (non-hydrogen) atoms. The number of urea groups is 1. The summed E-state index contributed by atoms with van der Waals surface area (Å²) >= 11 is 6.07. The normalized spacial score (nSPS) is 11.4. The number of nitrogens with one attached hydrogen (secondary N) is 1. The molecule has 152 valence electrons. The first-order valence-electron chi connectivity index (χ1n) is 8.98. The third-order valence-corrected chi connectivity index (χ3v) is 5.96. The molecule has 6 nitrogen and oxygen atoms in total. The molecule has 0 fully saturated rings. The zero-order valence-electron chi connectivity index (χ0n) is 16.4. The highest BCUT2D eigenvalue weighted by atomic mass is 35.5. The number of nitrogens with zero attached hydrogens (tertiary/aromatic N) is 1. The van der Waals surface area contributed by atoms with Crippen molar-refractivity contribution in [1.29, 1.82) is 0 Å². The Morgan fingerprint density at radius 1 is 1.21 bits per heavy atom. The van der Waals surface area contributed by atoms with Crippen molar-refractivity contribution in [2.45, 2.75) is 45.2 Å². The molecule has 2 amide bonds. The standard InChI is InChI=1S/C20H25ClN2O4S/c1-5-22-20(24)23(14(2)3)13-16-9-7-10-17(12-16)27-28(25,26)19-15(4)8-6-11-18(19)21/h6-12,14H,5,13H2,1-4H3,(H,22,24).